The third-order valence-electron chi connectivity index (χ3n) is 6.54. The van der Waals surface area contributed by atoms with Crippen LogP contribution in [0, 0.1) is 13.8 Å². The number of nitrogens with zero attached hydrogens (tertiary/aromatic N) is 3. The van der Waals surface area contributed by atoms with Gasteiger partial charge in [0.25, 0.3) is 0 Å². The van der Waals surface area contributed by atoms with E-state index in [1.54, 1.807) is 0 Å². The van der Waals surface area contributed by atoms with Crippen molar-refractivity contribution in [2.75, 3.05) is 5.75 Å². The van der Waals surface area contributed by atoms with E-state index in [1.165, 1.54) is 39.2 Å². The Morgan fingerprint density at radius 1 is 0.889 bits per heavy atom. The third-order valence-corrected chi connectivity index (χ3v) is 7.47. The number of fused-ring (bicyclic) bond motifs is 1. The van der Waals surface area contributed by atoms with Crippen molar-refractivity contribution in [2.24, 2.45) is 0 Å². The van der Waals surface area contributed by atoms with E-state index < -0.39 is 0 Å². The van der Waals surface area contributed by atoms with Gasteiger partial charge in [0.1, 0.15) is 5.82 Å². The highest BCUT2D eigenvalue weighted by Crippen LogP contribution is 2.28. The van der Waals surface area contributed by atoms with E-state index >= 15 is 0 Å². The number of hydrogen-bond acceptors (Lipinski definition) is 4. The highest BCUT2D eigenvalue weighted by atomic mass is 32.2. The molecule has 5 aromatic rings. The number of thioether (sulfide) groups is 1. The zero-order valence-corrected chi connectivity index (χ0v) is 21.7. The van der Waals surface area contributed by atoms with Crippen molar-refractivity contribution in [3.63, 3.8) is 0 Å². The van der Waals surface area contributed by atoms with Gasteiger partial charge < -0.3 is 0 Å². The van der Waals surface area contributed by atoms with Gasteiger partial charge in [-0.3, -0.25) is 9.36 Å². The van der Waals surface area contributed by atoms with E-state index in [0.29, 0.717) is 12.2 Å². The molecule has 0 spiro atoms. The maximum Gasteiger partial charge on any atom is 0.196 e. The van der Waals surface area contributed by atoms with Crippen LogP contribution in [0.1, 0.15) is 45.4 Å². The van der Waals surface area contributed by atoms with Gasteiger partial charge in [-0.05, 0) is 53.8 Å². The second kappa shape index (κ2) is 10.5. The first-order valence-corrected chi connectivity index (χ1v) is 13.3. The first-order chi connectivity index (χ1) is 17.5. The summed E-state index contributed by atoms with van der Waals surface area (Å²) in [4.78, 5) is 12.9. The van der Waals surface area contributed by atoms with Crippen molar-refractivity contribution in [1.82, 2.24) is 14.8 Å². The van der Waals surface area contributed by atoms with Gasteiger partial charge in [-0.15, -0.1) is 10.2 Å². The maximum absolute atomic E-state index is 12.9. The predicted octanol–water partition coefficient (Wildman–Crippen LogP) is 7.17. The monoisotopic (exact) mass is 491 g/mol. The van der Waals surface area contributed by atoms with Crippen molar-refractivity contribution in [3.8, 4) is 5.69 Å². The van der Waals surface area contributed by atoms with Crippen LogP contribution < -0.4 is 0 Å². The number of carbonyl (C=O) groups is 1. The van der Waals surface area contributed by atoms with Crippen molar-refractivity contribution in [3.05, 3.63) is 119 Å². The Morgan fingerprint density at radius 3 is 2.44 bits per heavy atom. The number of rotatable bonds is 8. The highest BCUT2D eigenvalue weighted by Gasteiger charge is 2.19. The lowest BCUT2D eigenvalue weighted by Gasteiger charge is -2.14. The molecule has 180 valence electrons. The fourth-order valence-corrected chi connectivity index (χ4v) is 5.42. The molecule has 0 saturated heterocycles. The minimum Gasteiger partial charge on any atom is -0.293 e. The maximum atomic E-state index is 12.9. The van der Waals surface area contributed by atoms with Crippen LogP contribution in [-0.4, -0.2) is 26.3 Å². The van der Waals surface area contributed by atoms with E-state index in [1.807, 2.05) is 24.3 Å². The molecule has 0 aliphatic rings. The molecule has 0 bridgehead atoms. The third kappa shape index (κ3) is 4.98. The number of Topliss-reactive ketones (excluding diaryl/α,β-unsaturated/α-hetero) is 1. The summed E-state index contributed by atoms with van der Waals surface area (Å²) in [6.07, 6.45) is 1.61. The summed E-state index contributed by atoms with van der Waals surface area (Å²) in [6, 6.07) is 29.1. The van der Waals surface area contributed by atoms with Gasteiger partial charge in [-0.1, -0.05) is 103 Å². The largest absolute Gasteiger partial charge is 0.293 e. The Hall–Kier alpha value is -3.70. The van der Waals surface area contributed by atoms with E-state index in [-0.39, 0.29) is 5.78 Å². The summed E-state index contributed by atoms with van der Waals surface area (Å²) in [7, 11) is 0. The van der Waals surface area contributed by atoms with Crippen LogP contribution in [-0.2, 0) is 12.8 Å². The van der Waals surface area contributed by atoms with Crippen LogP contribution in [0.2, 0.25) is 0 Å². The summed E-state index contributed by atoms with van der Waals surface area (Å²) < 4.78 is 2.12. The minimum absolute atomic E-state index is 0.0911. The van der Waals surface area contributed by atoms with Gasteiger partial charge in [0.15, 0.2) is 10.9 Å². The lowest BCUT2D eigenvalue weighted by Crippen LogP contribution is -2.08. The molecule has 0 amide bonds. The molecule has 0 aliphatic carbocycles. The van der Waals surface area contributed by atoms with Crippen molar-refractivity contribution >= 4 is 28.3 Å². The highest BCUT2D eigenvalue weighted by molar-refractivity contribution is 7.99. The van der Waals surface area contributed by atoms with Crippen LogP contribution >= 0.6 is 11.8 Å². The number of carbonyl (C=O) groups excluding carboxylic acids is 1. The topological polar surface area (TPSA) is 47.8 Å². The van der Waals surface area contributed by atoms with Gasteiger partial charge in [0, 0.05) is 12.0 Å². The first-order valence-electron chi connectivity index (χ1n) is 12.3. The summed E-state index contributed by atoms with van der Waals surface area (Å²) >= 11 is 1.44. The molecule has 0 atom stereocenters. The predicted molar refractivity (Wildman–Crippen MR) is 148 cm³/mol. The zero-order chi connectivity index (χ0) is 25.1. The molecular formula is C31H29N3OS. The standard InChI is InChI=1S/C31H29N3OS/c1-4-23-13-15-25(16-14-23)29(35)20-36-31-33-32-30(34(31)28-17-12-21(2)18-22(28)3)19-26-10-7-9-24-8-5-6-11-27(24)26/h5-18H,4,19-20H2,1-3H3. The number of aryl methyl sites for hydroxylation is 3. The lowest BCUT2D eigenvalue weighted by atomic mass is 10.0. The molecule has 0 radical (unpaired) electrons. The van der Waals surface area contributed by atoms with Crippen molar-refractivity contribution < 1.29 is 4.79 Å². The normalized spacial score (nSPS) is 11.2. The average Bonchev–Trinajstić information content (AvgIpc) is 3.29. The summed E-state index contributed by atoms with van der Waals surface area (Å²) in [5.74, 6) is 1.26. The van der Waals surface area contributed by atoms with Gasteiger partial charge in [0.2, 0.25) is 0 Å². The molecule has 0 N–H and O–H groups in total. The molecule has 4 nitrogen and oxygen atoms in total. The fraction of sp³-hybridized carbons (Fsp3) is 0.194. The van der Waals surface area contributed by atoms with Crippen molar-refractivity contribution in [1.29, 1.82) is 0 Å². The molecule has 0 fully saturated rings. The molecule has 0 saturated carbocycles. The number of aromatic nitrogens is 3. The average molecular weight is 492 g/mol. The fourth-order valence-electron chi connectivity index (χ4n) is 4.56. The summed E-state index contributed by atoms with van der Waals surface area (Å²) in [6.45, 7) is 6.32. The van der Waals surface area contributed by atoms with Gasteiger partial charge >= 0.3 is 0 Å². The molecular weight excluding hydrogens is 462 g/mol. The van der Waals surface area contributed by atoms with Gasteiger partial charge in [0.05, 0.1) is 11.4 Å². The molecule has 5 rings (SSSR count). The Morgan fingerprint density at radius 2 is 1.67 bits per heavy atom. The van der Waals surface area contributed by atoms with Gasteiger partial charge in [-0.2, -0.15) is 0 Å². The molecule has 1 heterocycles. The lowest BCUT2D eigenvalue weighted by molar-refractivity contribution is 0.102. The molecule has 4 aromatic carbocycles. The molecule has 0 unspecified atom stereocenters. The first kappa shape index (κ1) is 24.0. The molecule has 1 aromatic heterocycles. The Labute approximate surface area is 216 Å². The number of benzene rings is 4. The number of hydrogen-bond donors (Lipinski definition) is 0. The molecule has 36 heavy (non-hydrogen) atoms. The second-order valence-corrected chi connectivity index (χ2v) is 10.0. The SMILES string of the molecule is CCc1ccc(C(=O)CSc2nnc(Cc3cccc4ccccc34)n2-c2ccc(C)cc2C)cc1. The van der Waals surface area contributed by atoms with Crippen LogP contribution in [0.5, 0.6) is 0 Å². The van der Waals surface area contributed by atoms with E-state index in [4.69, 9.17) is 0 Å². The Bertz CT molecular complexity index is 1530. The Balaban J connectivity index is 1.49. The number of ketones is 1. The van der Waals surface area contributed by atoms with E-state index in [2.05, 4.69) is 96.2 Å². The summed E-state index contributed by atoms with van der Waals surface area (Å²) in [5.41, 5.74) is 6.57. The molecule has 5 heteroatoms. The van der Waals surface area contributed by atoms with Crippen LogP contribution in [0.4, 0.5) is 0 Å². The van der Waals surface area contributed by atoms with Crippen LogP contribution in [0.15, 0.2) is 90.1 Å². The van der Waals surface area contributed by atoms with E-state index in [9.17, 15) is 4.79 Å². The quantitative estimate of drug-likeness (QED) is 0.171. The zero-order valence-electron chi connectivity index (χ0n) is 20.9. The van der Waals surface area contributed by atoms with E-state index in [0.717, 1.165) is 34.2 Å². The second-order valence-electron chi connectivity index (χ2n) is 9.10. The van der Waals surface area contributed by atoms with Crippen LogP contribution in [0.3, 0.4) is 0 Å². The minimum atomic E-state index is 0.0911. The Kier molecular flexibility index (Phi) is 7.01. The summed E-state index contributed by atoms with van der Waals surface area (Å²) in [5, 5.41) is 12.3. The smallest absolute Gasteiger partial charge is 0.196 e. The van der Waals surface area contributed by atoms with Gasteiger partial charge in [-0.25, -0.2) is 0 Å². The molecule has 0 aliphatic heterocycles. The van der Waals surface area contributed by atoms with Crippen molar-refractivity contribution in [2.45, 2.75) is 38.8 Å². The van der Waals surface area contributed by atoms with Crippen LogP contribution in [0.25, 0.3) is 16.5 Å².